The summed E-state index contributed by atoms with van der Waals surface area (Å²) in [4.78, 5) is 0. The van der Waals surface area contributed by atoms with Crippen LogP contribution in [0.4, 0.5) is 4.39 Å². The van der Waals surface area contributed by atoms with Crippen LogP contribution in [-0.4, -0.2) is 17.4 Å². The monoisotopic (exact) mass is 210 g/mol. The largest absolute Gasteiger partial charge is 0.396 e. The van der Waals surface area contributed by atoms with E-state index in [0.717, 1.165) is 18.4 Å². The summed E-state index contributed by atoms with van der Waals surface area (Å²) in [6.45, 7) is 3.39. The molecule has 0 fully saturated rings. The maximum atomic E-state index is 13.4. The zero-order chi connectivity index (χ0) is 11.3. The van der Waals surface area contributed by atoms with E-state index >= 15 is 0 Å². The van der Waals surface area contributed by atoms with Gasteiger partial charge < -0.3 is 5.11 Å². The Morgan fingerprint density at radius 3 is 2.53 bits per heavy atom. The molecule has 0 saturated carbocycles. The predicted molar refractivity (Wildman–Crippen MR) is 60.7 cm³/mol. The van der Waals surface area contributed by atoms with Gasteiger partial charge in [0.05, 0.1) is 0 Å². The molecule has 0 atom stereocenters. The van der Waals surface area contributed by atoms with Crippen molar-refractivity contribution in [3.8, 4) is 0 Å². The van der Waals surface area contributed by atoms with Gasteiger partial charge in [0.2, 0.25) is 0 Å². The molecule has 0 spiro atoms. The Morgan fingerprint density at radius 2 is 1.93 bits per heavy atom. The second-order valence-electron chi connectivity index (χ2n) is 4.54. The van der Waals surface area contributed by atoms with Crippen LogP contribution in [0.3, 0.4) is 0 Å². The summed E-state index contributed by atoms with van der Waals surface area (Å²) in [5.74, 6) is 0. The Kier molecular flexibility index (Phi) is 4.28. The number of benzene rings is 1. The number of alkyl halides is 1. The second kappa shape index (κ2) is 5.26. The highest BCUT2D eigenvalue weighted by atomic mass is 19.1. The molecule has 15 heavy (non-hydrogen) atoms. The lowest BCUT2D eigenvalue weighted by atomic mass is 9.98. The summed E-state index contributed by atoms with van der Waals surface area (Å²) in [5, 5.41) is 8.72. The van der Waals surface area contributed by atoms with Crippen molar-refractivity contribution in [1.29, 1.82) is 0 Å². The Bertz CT molecular complexity index is 302. The van der Waals surface area contributed by atoms with Crippen LogP contribution < -0.4 is 0 Å². The number of aliphatic hydroxyl groups excluding tert-OH is 1. The first-order chi connectivity index (χ1) is 7.01. The Labute approximate surface area is 90.9 Å². The van der Waals surface area contributed by atoms with Crippen LogP contribution in [0.1, 0.15) is 31.4 Å². The van der Waals surface area contributed by atoms with Crippen molar-refractivity contribution in [2.75, 3.05) is 6.61 Å². The first-order valence-electron chi connectivity index (χ1n) is 5.39. The number of hydrogen-bond acceptors (Lipinski definition) is 1. The normalized spacial score (nSPS) is 11.7. The van der Waals surface area contributed by atoms with E-state index in [1.54, 1.807) is 13.8 Å². The third kappa shape index (κ3) is 4.93. The van der Waals surface area contributed by atoms with Gasteiger partial charge in [0.25, 0.3) is 0 Å². The van der Waals surface area contributed by atoms with Gasteiger partial charge in [-0.3, -0.25) is 0 Å². The van der Waals surface area contributed by atoms with Crippen LogP contribution in [0.25, 0.3) is 0 Å². The predicted octanol–water partition coefficient (Wildman–Crippen LogP) is 2.90. The Morgan fingerprint density at radius 1 is 1.27 bits per heavy atom. The quantitative estimate of drug-likeness (QED) is 0.792. The highest BCUT2D eigenvalue weighted by Crippen LogP contribution is 2.17. The standard InChI is InChI=1S/C13H19FO/c1-13(2,14)10-12-6-3-5-11(9-12)7-4-8-15/h3,5-6,9,15H,4,7-8,10H2,1-2H3. The van der Waals surface area contributed by atoms with Crippen LogP contribution in [0.15, 0.2) is 24.3 Å². The van der Waals surface area contributed by atoms with Crippen LogP contribution in [0.2, 0.25) is 0 Å². The Balaban J connectivity index is 2.66. The van der Waals surface area contributed by atoms with Crippen molar-refractivity contribution in [2.24, 2.45) is 0 Å². The lowest BCUT2D eigenvalue weighted by molar-refractivity contribution is 0.217. The van der Waals surface area contributed by atoms with E-state index in [0.29, 0.717) is 6.42 Å². The summed E-state index contributed by atoms with van der Waals surface area (Å²) >= 11 is 0. The molecule has 0 heterocycles. The zero-order valence-corrected chi connectivity index (χ0v) is 9.46. The molecular formula is C13H19FO. The van der Waals surface area contributed by atoms with Crippen molar-refractivity contribution >= 4 is 0 Å². The minimum absolute atomic E-state index is 0.207. The minimum atomic E-state index is -1.16. The summed E-state index contributed by atoms with van der Waals surface area (Å²) in [6.07, 6.45) is 2.07. The molecule has 1 rings (SSSR count). The molecule has 1 aromatic rings. The van der Waals surface area contributed by atoms with Gasteiger partial charge in [-0.05, 0) is 37.8 Å². The number of rotatable bonds is 5. The lowest BCUT2D eigenvalue weighted by Gasteiger charge is -2.14. The summed E-state index contributed by atoms with van der Waals surface area (Å²) in [6, 6.07) is 7.94. The molecule has 84 valence electrons. The van der Waals surface area contributed by atoms with Crippen molar-refractivity contribution in [1.82, 2.24) is 0 Å². The Hall–Kier alpha value is -0.890. The van der Waals surface area contributed by atoms with E-state index in [-0.39, 0.29) is 6.61 Å². The average Bonchev–Trinajstić information content (AvgIpc) is 2.12. The molecule has 0 aliphatic rings. The molecule has 0 aliphatic carbocycles. The van der Waals surface area contributed by atoms with Crippen molar-refractivity contribution in [2.45, 2.75) is 38.8 Å². The molecule has 0 saturated heterocycles. The topological polar surface area (TPSA) is 20.2 Å². The van der Waals surface area contributed by atoms with Crippen molar-refractivity contribution < 1.29 is 9.50 Å². The summed E-state index contributed by atoms with van der Waals surface area (Å²) in [7, 11) is 0. The molecule has 0 bridgehead atoms. The smallest absolute Gasteiger partial charge is 0.109 e. The van der Waals surface area contributed by atoms with E-state index < -0.39 is 5.67 Å². The van der Waals surface area contributed by atoms with E-state index in [9.17, 15) is 4.39 Å². The van der Waals surface area contributed by atoms with Gasteiger partial charge in [0, 0.05) is 13.0 Å². The second-order valence-corrected chi connectivity index (χ2v) is 4.54. The minimum Gasteiger partial charge on any atom is -0.396 e. The molecular weight excluding hydrogens is 191 g/mol. The van der Waals surface area contributed by atoms with E-state index in [1.165, 1.54) is 5.56 Å². The highest BCUT2D eigenvalue weighted by molar-refractivity contribution is 5.24. The summed E-state index contributed by atoms with van der Waals surface area (Å²) < 4.78 is 13.4. The fraction of sp³-hybridized carbons (Fsp3) is 0.538. The fourth-order valence-electron chi connectivity index (χ4n) is 1.66. The summed E-state index contributed by atoms with van der Waals surface area (Å²) in [5.41, 5.74) is 1.04. The SMILES string of the molecule is CC(C)(F)Cc1cccc(CCCO)c1. The maximum Gasteiger partial charge on any atom is 0.109 e. The zero-order valence-electron chi connectivity index (χ0n) is 9.46. The molecule has 1 aromatic carbocycles. The van der Waals surface area contributed by atoms with Crippen molar-refractivity contribution in [3.63, 3.8) is 0 Å². The molecule has 0 unspecified atom stereocenters. The third-order valence-corrected chi connectivity index (χ3v) is 2.24. The maximum absolute atomic E-state index is 13.4. The first-order valence-corrected chi connectivity index (χ1v) is 5.39. The van der Waals surface area contributed by atoms with Gasteiger partial charge in [-0.25, -0.2) is 4.39 Å². The van der Waals surface area contributed by atoms with Gasteiger partial charge in [0.15, 0.2) is 0 Å². The first kappa shape index (κ1) is 12.2. The average molecular weight is 210 g/mol. The number of aryl methyl sites for hydroxylation is 1. The molecule has 0 aromatic heterocycles. The van der Waals surface area contributed by atoms with Crippen LogP contribution in [0, 0.1) is 0 Å². The fourth-order valence-corrected chi connectivity index (χ4v) is 1.66. The van der Waals surface area contributed by atoms with Gasteiger partial charge in [-0.15, -0.1) is 0 Å². The van der Waals surface area contributed by atoms with Crippen LogP contribution in [0.5, 0.6) is 0 Å². The number of aliphatic hydroxyl groups is 1. The molecule has 0 aliphatic heterocycles. The van der Waals surface area contributed by atoms with Gasteiger partial charge in [-0.1, -0.05) is 24.3 Å². The van der Waals surface area contributed by atoms with Gasteiger partial charge in [-0.2, -0.15) is 0 Å². The molecule has 1 nitrogen and oxygen atoms in total. The molecule has 1 N–H and O–H groups in total. The molecule has 2 heteroatoms. The number of halogens is 1. The third-order valence-electron chi connectivity index (χ3n) is 2.24. The van der Waals surface area contributed by atoms with E-state index in [4.69, 9.17) is 5.11 Å². The lowest BCUT2D eigenvalue weighted by Crippen LogP contribution is -2.15. The van der Waals surface area contributed by atoms with Crippen LogP contribution >= 0.6 is 0 Å². The van der Waals surface area contributed by atoms with Gasteiger partial charge >= 0.3 is 0 Å². The van der Waals surface area contributed by atoms with Crippen molar-refractivity contribution in [3.05, 3.63) is 35.4 Å². The van der Waals surface area contributed by atoms with E-state index in [2.05, 4.69) is 0 Å². The molecule has 0 amide bonds. The molecule has 0 radical (unpaired) electrons. The number of hydrogen-bond donors (Lipinski definition) is 1. The highest BCUT2D eigenvalue weighted by Gasteiger charge is 2.15. The van der Waals surface area contributed by atoms with Crippen LogP contribution in [-0.2, 0) is 12.8 Å². The van der Waals surface area contributed by atoms with Gasteiger partial charge in [0.1, 0.15) is 5.67 Å². The van der Waals surface area contributed by atoms with E-state index in [1.807, 2.05) is 24.3 Å².